The molecule has 0 bridgehead atoms. The van der Waals surface area contributed by atoms with Gasteiger partial charge in [0.2, 0.25) is 0 Å². The number of aromatic amines is 1. The fourth-order valence-electron chi connectivity index (χ4n) is 3.04. The highest BCUT2D eigenvalue weighted by molar-refractivity contribution is 6.26. The molecule has 4 N–H and O–H groups in total. The SMILES string of the molecule is Cc1cc(O)cc(N2CC(=O)C(c3nc4ccccc4[nH]3)=C2N)c1. The predicted octanol–water partition coefficient (Wildman–Crippen LogP) is 2.29. The van der Waals surface area contributed by atoms with Crippen molar-refractivity contribution in [2.45, 2.75) is 6.92 Å². The molecule has 24 heavy (non-hydrogen) atoms. The molecule has 2 aromatic carbocycles. The van der Waals surface area contributed by atoms with Crippen molar-refractivity contribution in [1.82, 2.24) is 9.97 Å². The summed E-state index contributed by atoms with van der Waals surface area (Å²) in [6, 6.07) is 12.7. The summed E-state index contributed by atoms with van der Waals surface area (Å²) < 4.78 is 0. The normalized spacial score (nSPS) is 14.9. The van der Waals surface area contributed by atoms with E-state index in [1.54, 1.807) is 17.0 Å². The van der Waals surface area contributed by atoms with Crippen molar-refractivity contribution in [3.63, 3.8) is 0 Å². The maximum Gasteiger partial charge on any atom is 0.189 e. The largest absolute Gasteiger partial charge is 0.508 e. The van der Waals surface area contributed by atoms with Crippen LogP contribution < -0.4 is 10.6 Å². The molecule has 120 valence electrons. The third kappa shape index (κ3) is 2.20. The van der Waals surface area contributed by atoms with E-state index in [-0.39, 0.29) is 18.1 Å². The number of imidazole rings is 1. The molecule has 6 heteroatoms. The summed E-state index contributed by atoms with van der Waals surface area (Å²) in [6.45, 7) is 2.00. The maximum absolute atomic E-state index is 12.5. The second-order valence-electron chi connectivity index (χ2n) is 5.90. The number of aromatic hydroxyl groups is 1. The van der Waals surface area contributed by atoms with Crippen molar-refractivity contribution in [2.24, 2.45) is 5.73 Å². The summed E-state index contributed by atoms with van der Waals surface area (Å²) in [6.07, 6.45) is 0. The van der Waals surface area contributed by atoms with Gasteiger partial charge in [-0.05, 0) is 36.8 Å². The molecule has 1 aliphatic heterocycles. The molecule has 1 aliphatic rings. The van der Waals surface area contributed by atoms with Crippen LogP contribution in [0.1, 0.15) is 11.4 Å². The lowest BCUT2D eigenvalue weighted by atomic mass is 10.2. The fraction of sp³-hybridized carbons (Fsp3) is 0.111. The third-order valence-electron chi connectivity index (χ3n) is 4.11. The number of ketones is 1. The average Bonchev–Trinajstić information content (AvgIpc) is 3.06. The quantitative estimate of drug-likeness (QED) is 0.673. The van der Waals surface area contributed by atoms with Crippen molar-refractivity contribution >= 4 is 28.1 Å². The van der Waals surface area contributed by atoms with E-state index >= 15 is 0 Å². The van der Waals surface area contributed by atoms with Crippen LogP contribution in [0.5, 0.6) is 5.75 Å². The number of nitrogens with zero attached hydrogens (tertiary/aromatic N) is 2. The molecule has 0 atom stereocenters. The molecule has 0 radical (unpaired) electrons. The van der Waals surface area contributed by atoms with Gasteiger partial charge >= 0.3 is 0 Å². The summed E-state index contributed by atoms with van der Waals surface area (Å²) in [4.78, 5) is 21.8. The Kier molecular flexibility index (Phi) is 3.06. The van der Waals surface area contributed by atoms with E-state index in [1.165, 1.54) is 0 Å². The van der Waals surface area contributed by atoms with Crippen LogP contribution in [0.2, 0.25) is 0 Å². The van der Waals surface area contributed by atoms with E-state index in [9.17, 15) is 9.90 Å². The number of Topliss-reactive ketones (excluding diaryl/α,β-unsaturated/α-hetero) is 1. The number of hydrogen-bond acceptors (Lipinski definition) is 5. The number of H-pyrrole nitrogens is 1. The molecule has 0 fully saturated rings. The number of phenolic OH excluding ortho intramolecular Hbond substituents is 1. The molecule has 0 amide bonds. The van der Waals surface area contributed by atoms with Gasteiger partial charge in [0.05, 0.1) is 17.6 Å². The van der Waals surface area contributed by atoms with Crippen molar-refractivity contribution in [3.05, 3.63) is 59.7 Å². The molecule has 0 saturated carbocycles. The first-order chi connectivity index (χ1) is 11.5. The molecular weight excluding hydrogens is 304 g/mol. The van der Waals surface area contributed by atoms with Gasteiger partial charge in [-0.2, -0.15) is 0 Å². The minimum atomic E-state index is -0.104. The van der Waals surface area contributed by atoms with Crippen LogP contribution in [-0.2, 0) is 4.79 Å². The zero-order valence-electron chi connectivity index (χ0n) is 13.1. The second-order valence-corrected chi connectivity index (χ2v) is 5.90. The first-order valence-corrected chi connectivity index (χ1v) is 7.59. The first kappa shape index (κ1) is 14.3. The van der Waals surface area contributed by atoms with Gasteiger partial charge in [0, 0.05) is 11.8 Å². The molecule has 6 nitrogen and oxygen atoms in total. The van der Waals surface area contributed by atoms with E-state index in [4.69, 9.17) is 5.73 Å². The van der Waals surface area contributed by atoms with Crippen LogP contribution in [-0.4, -0.2) is 27.4 Å². The minimum absolute atomic E-state index is 0.104. The van der Waals surface area contributed by atoms with Crippen LogP contribution in [0.15, 0.2) is 48.3 Å². The number of rotatable bonds is 2. The summed E-state index contributed by atoms with van der Waals surface area (Å²) in [5.74, 6) is 0.845. The number of anilines is 1. The summed E-state index contributed by atoms with van der Waals surface area (Å²) in [5.41, 5.74) is 9.84. The van der Waals surface area contributed by atoms with Gasteiger partial charge in [0.1, 0.15) is 23.0 Å². The number of para-hydroxylation sites is 2. The Morgan fingerprint density at radius 2 is 2.04 bits per heavy atom. The molecule has 0 spiro atoms. The van der Waals surface area contributed by atoms with Gasteiger partial charge in [-0.25, -0.2) is 4.98 Å². The minimum Gasteiger partial charge on any atom is -0.508 e. The van der Waals surface area contributed by atoms with Crippen molar-refractivity contribution in [1.29, 1.82) is 0 Å². The highest BCUT2D eigenvalue weighted by atomic mass is 16.3. The Morgan fingerprint density at radius 3 is 2.79 bits per heavy atom. The highest BCUT2D eigenvalue weighted by Crippen LogP contribution is 2.32. The molecular formula is C18H16N4O2. The van der Waals surface area contributed by atoms with E-state index in [0.717, 1.165) is 16.6 Å². The highest BCUT2D eigenvalue weighted by Gasteiger charge is 2.32. The number of fused-ring (bicyclic) bond motifs is 1. The van der Waals surface area contributed by atoms with Crippen molar-refractivity contribution < 1.29 is 9.90 Å². The first-order valence-electron chi connectivity index (χ1n) is 7.59. The van der Waals surface area contributed by atoms with Crippen LogP contribution in [0.4, 0.5) is 5.69 Å². The lowest BCUT2D eigenvalue weighted by molar-refractivity contribution is -0.112. The second kappa shape index (κ2) is 5.13. The van der Waals surface area contributed by atoms with Crippen molar-refractivity contribution in [2.75, 3.05) is 11.4 Å². The summed E-state index contributed by atoms with van der Waals surface area (Å²) >= 11 is 0. The summed E-state index contributed by atoms with van der Waals surface area (Å²) in [5, 5.41) is 9.80. The Labute approximate surface area is 138 Å². The van der Waals surface area contributed by atoms with Crippen molar-refractivity contribution in [3.8, 4) is 5.75 Å². The fourth-order valence-corrected chi connectivity index (χ4v) is 3.04. The number of carbonyl (C=O) groups excluding carboxylic acids is 1. The van der Waals surface area contributed by atoms with Gasteiger partial charge in [-0.1, -0.05) is 12.1 Å². The number of benzene rings is 2. The Morgan fingerprint density at radius 1 is 1.25 bits per heavy atom. The third-order valence-corrected chi connectivity index (χ3v) is 4.11. The maximum atomic E-state index is 12.5. The lowest BCUT2D eigenvalue weighted by Crippen LogP contribution is -2.25. The lowest BCUT2D eigenvalue weighted by Gasteiger charge is -2.19. The number of nitrogens with two attached hydrogens (primary N) is 1. The van der Waals surface area contributed by atoms with E-state index in [1.807, 2.05) is 37.3 Å². The zero-order valence-corrected chi connectivity index (χ0v) is 13.1. The monoisotopic (exact) mass is 320 g/mol. The van der Waals surface area contributed by atoms with Crippen LogP contribution >= 0.6 is 0 Å². The average molecular weight is 320 g/mol. The molecule has 1 aromatic heterocycles. The van der Waals surface area contributed by atoms with E-state index in [2.05, 4.69) is 9.97 Å². The van der Waals surface area contributed by atoms with Crippen LogP contribution in [0.3, 0.4) is 0 Å². The molecule has 3 aromatic rings. The molecule has 0 aliphatic carbocycles. The van der Waals surface area contributed by atoms with Gasteiger partial charge < -0.3 is 20.7 Å². The number of nitrogens with one attached hydrogen (secondary N) is 1. The number of aromatic nitrogens is 2. The Hall–Kier alpha value is -3.28. The van der Waals surface area contributed by atoms with Gasteiger partial charge in [0.15, 0.2) is 5.78 Å². The smallest absolute Gasteiger partial charge is 0.189 e. The number of hydrogen-bond donors (Lipinski definition) is 3. The number of carbonyl (C=O) groups is 1. The molecule has 0 saturated heterocycles. The summed E-state index contributed by atoms with van der Waals surface area (Å²) in [7, 11) is 0. The zero-order chi connectivity index (χ0) is 16.8. The van der Waals surface area contributed by atoms with Gasteiger partial charge in [-0.15, -0.1) is 0 Å². The molecule has 0 unspecified atom stereocenters. The predicted molar refractivity (Wildman–Crippen MR) is 92.4 cm³/mol. The van der Waals surface area contributed by atoms with E-state index < -0.39 is 0 Å². The number of aryl methyl sites for hydroxylation is 1. The standard InChI is InChI=1S/C18H16N4O2/c1-10-6-11(8-12(23)7-10)22-9-15(24)16(17(22)19)18-20-13-4-2-3-5-14(13)21-18/h2-8,23H,9,19H2,1H3,(H,20,21). The van der Waals surface area contributed by atoms with Gasteiger partial charge in [0.25, 0.3) is 0 Å². The van der Waals surface area contributed by atoms with Crippen LogP contribution in [0, 0.1) is 6.92 Å². The Bertz CT molecular complexity index is 950. The molecule has 2 heterocycles. The van der Waals surface area contributed by atoms with Gasteiger partial charge in [-0.3, -0.25) is 4.79 Å². The van der Waals surface area contributed by atoms with Crippen LogP contribution in [0.25, 0.3) is 16.6 Å². The number of phenols is 1. The van der Waals surface area contributed by atoms with E-state index in [0.29, 0.717) is 22.9 Å². The Balaban J connectivity index is 1.82. The topological polar surface area (TPSA) is 95.2 Å². The molecule has 4 rings (SSSR count).